The largest absolute Gasteiger partial charge is 0.469 e. The zero-order valence-electron chi connectivity index (χ0n) is 17.1. The highest BCUT2D eigenvalue weighted by Crippen LogP contribution is 2.42. The molecule has 1 saturated carbocycles. The van der Waals surface area contributed by atoms with Gasteiger partial charge >= 0.3 is 0 Å². The molecule has 156 valence electrons. The first-order valence-corrected chi connectivity index (χ1v) is 10.4. The summed E-state index contributed by atoms with van der Waals surface area (Å²) in [5.74, 6) is 3.33. The molecular formula is C22H29N3O4. The highest BCUT2D eigenvalue weighted by atomic mass is 16.5. The maximum absolute atomic E-state index is 12.8. The van der Waals surface area contributed by atoms with Crippen LogP contribution < -0.4 is 0 Å². The van der Waals surface area contributed by atoms with Crippen molar-refractivity contribution in [1.82, 2.24) is 14.7 Å². The maximum atomic E-state index is 12.8. The molecule has 3 heterocycles. The second-order valence-corrected chi connectivity index (χ2v) is 8.43. The topological polar surface area (TPSA) is 66.2 Å². The SMILES string of the molecule is C#CCN1CCN(C(=O)CC2CN(Cc3ccoc3C)C3(CCC3)CO2)CC1=O. The van der Waals surface area contributed by atoms with Crippen molar-refractivity contribution in [2.24, 2.45) is 0 Å². The van der Waals surface area contributed by atoms with E-state index in [9.17, 15) is 9.59 Å². The minimum absolute atomic E-state index is 0.0206. The number of aryl methyl sites for hydroxylation is 1. The Morgan fingerprint density at radius 2 is 2.21 bits per heavy atom. The minimum atomic E-state index is -0.153. The summed E-state index contributed by atoms with van der Waals surface area (Å²) >= 11 is 0. The van der Waals surface area contributed by atoms with Crippen LogP contribution in [0.25, 0.3) is 0 Å². The number of furan rings is 1. The van der Waals surface area contributed by atoms with Crippen molar-refractivity contribution in [3.05, 3.63) is 23.7 Å². The first-order valence-electron chi connectivity index (χ1n) is 10.4. The molecule has 1 unspecified atom stereocenters. The second kappa shape index (κ2) is 8.21. The number of piperazine rings is 1. The number of hydrogen-bond donors (Lipinski definition) is 0. The number of morpholine rings is 1. The first-order chi connectivity index (χ1) is 14.0. The van der Waals surface area contributed by atoms with Crippen LogP contribution >= 0.6 is 0 Å². The summed E-state index contributed by atoms with van der Waals surface area (Å²) < 4.78 is 11.6. The van der Waals surface area contributed by atoms with Crippen LogP contribution in [0.5, 0.6) is 0 Å². The van der Waals surface area contributed by atoms with E-state index >= 15 is 0 Å². The highest BCUT2D eigenvalue weighted by Gasteiger charge is 2.47. The van der Waals surface area contributed by atoms with Crippen molar-refractivity contribution < 1.29 is 18.7 Å². The van der Waals surface area contributed by atoms with Crippen LogP contribution in [-0.4, -0.2) is 77.5 Å². The fraction of sp³-hybridized carbons (Fsp3) is 0.636. The van der Waals surface area contributed by atoms with Crippen molar-refractivity contribution >= 4 is 11.8 Å². The van der Waals surface area contributed by atoms with Gasteiger partial charge in [-0.3, -0.25) is 14.5 Å². The van der Waals surface area contributed by atoms with Gasteiger partial charge in [0, 0.05) is 37.3 Å². The van der Waals surface area contributed by atoms with Crippen molar-refractivity contribution in [1.29, 1.82) is 0 Å². The average Bonchev–Trinajstić information content (AvgIpc) is 3.07. The molecule has 7 nitrogen and oxygen atoms in total. The number of rotatable bonds is 5. The monoisotopic (exact) mass is 399 g/mol. The molecule has 3 fully saturated rings. The molecule has 4 rings (SSSR count). The Kier molecular flexibility index (Phi) is 5.66. The van der Waals surface area contributed by atoms with Crippen LogP contribution in [0.4, 0.5) is 0 Å². The Labute approximate surface area is 171 Å². The Balaban J connectivity index is 1.36. The molecule has 0 N–H and O–H groups in total. The third-order valence-corrected chi connectivity index (χ3v) is 6.65. The molecule has 2 aliphatic heterocycles. The highest BCUT2D eigenvalue weighted by molar-refractivity contribution is 5.86. The molecule has 1 aliphatic carbocycles. The predicted molar refractivity (Wildman–Crippen MR) is 107 cm³/mol. The lowest BCUT2D eigenvalue weighted by Gasteiger charge is -2.54. The third-order valence-electron chi connectivity index (χ3n) is 6.65. The van der Waals surface area contributed by atoms with Gasteiger partial charge in [-0.15, -0.1) is 6.42 Å². The van der Waals surface area contributed by atoms with Gasteiger partial charge in [0.05, 0.1) is 38.5 Å². The van der Waals surface area contributed by atoms with Crippen LogP contribution in [0.3, 0.4) is 0 Å². The van der Waals surface area contributed by atoms with Crippen LogP contribution in [0.2, 0.25) is 0 Å². The van der Waals surface area contributed by atoms with Gasteiger partial charge in [-0.1, -0.05) is 5.92 Å². The van der Waals surface area contributed by atoms with E-state index in [1.807, 2.05) is 13.0 Å². The molecule has 0 aromatic carbocycles. The van der Waals surface area contributed by atoms with E-state index in [0.717, 1.165) is 31.7 Å². The van der Waals surface area contributed by atoms with Gasteiger partial charge < -0.3 is 19.0 Å². The van der Waals surface area contributed by atoms with Gasteiger partial charge in [0.15, 0.2) is 0 Å². The molecule has 1 atom stereocenters. The molecular weight excluding hydrogens is 370 g/mol. The van der Waals surface area contributed by atoms with Gasteiger partial charge in [-0.25, -0.2) is 0 Å². The Hall–Kier alpha value is -2.30. The van der Waals surface area contributed by atoms with Crippen LogP contribution in [0.15, 0.2) is 16.7 Å². The summed E-state index contributed by atoms with van der Waals surface area (Å²) in [6.07, 6.45) is 10.7. The van der Waals surface area contributed by atoms with Gasteiger partial charge in [0.1, 0.15) is 5.76 Å². The standard InChI is InChI=1S/C22H29N3O4/c1-3-8-23-9-10-24(15-21(23)27)20(26)12-19-14-25(13-18-5-11-28-17(18)2)22(16-29-19)6-4-7-22/h1,5,11,19H,4,6-10,12-16H2,2H3. The summed E-state index contributed by atoms with van der Waals surface area (Å²) in [6, 6.07) is 2.03. The molecule has 1 aromatic heterocycles. The quantitative estimate of drug-likeness (QED) is 0.701. The Morgan fingerprint density at radius 3 is 2.83 bits per heavy atom. The lowest BCUT2D eigenvalue weighted by molar-refractivity contribution is -0.161. The summed E-state index contributed by atoms with van der Waals surface area (Å²) in [5, 5.41) is 0. The molecule has 2 saturated heterocycles. The lowest BCUT2D eigenvalue weighted by atomic mass is 9.74. The van der Waals surface area contributed by atoms with Crippen molar-refractivity contribution in [2.45, 2.75) is 50.8 Å². The van der Waals surface area contributed by atoms with E-state index in [-0.39, 0.29) is 30.0 Å². The molecule has 29 heavy (non-hydrogen) atoms. The van der Waals surface area contributed by atoms with E-state index in [1.165, 1.54) is 12.0 Å². The third kappa shape index (κ3) is 4.05. The van der Waals surface area contributed by atoms with Gasteiger partial charge in [-0.05, 0) is 32.3 Å². The van der Waals surface area contributed by atoms with Crippen LogP contribution in [-0.2, 0) is 20.9 Å². The Bertz CT molecular complexity index is 807. The number of carbonyl (C=O) groups is 2. The van der Waals surface area contributed by atoms with E-state index in [0.29, 0.717) is 32.7 Å². The van der Waals surface area contributed by atoms with E-state index < -0.39 is 0 Å². The smallest absolute Gasteiger partial charge is 0.243 e. The molecule has 7 heteroatoms. The van der Waals surface area contributed by atoms with Gasteiger partial charge in [-0.2, -0.15) is 0 Å². The maximum Gasteiger partial charge on any atom is 0.243 e. The van der Waals surface area contributed by atoms with Crippen LogP contribution in [0.1, 0.15) is 37.0 Å². The average molecular weight is 399 g/mol. The molecule has 1 spiro atoms. The summed E-state index contributed by atoms with van der Waals surface area (Å²) in [4.78, 5) is 30.7. The van der Waals surface area contributed by atoms with Crippen molar-refractivity contribution in [3.8, 4) is 12.3 Å². The first kappa shape index (κ1) is 20.0. The van der Waals surface area contributed by atoms with Gasteiger partial charge in [0.25, 0.3) is 0 Å². The summed E-state index contributed by atoms with van der Waals surface area (Å²) in [6.45, 7) is 5.63. The van der Waals surface area contributed by atoms with Crippen LogP contribution in [0, 0.1) is 19.3 Å². The number of amides is 2. The fourth-order valence-corrected chi connectivity index (χ4v) is 4.56. The molecule has 2 amide bonds. The predicted octanol–water partition coefficient (Wildman–Crippen LogP) is 1.41. The fourth-order valence-electron chi connectivity index (χ4n) is 4.56. The number of hydrogen-bond acceptors (Lipinski definition) is 5. The molecule has 0 bridgehead atoms. The second-order valence-electron chi connectivity index (χ2n) is 8.43. The number of carbonyl (C=O) groups excluding carboxylic acids is 2. The molecule has 3 aliphatic rings. The molecule has 0 radical (unpaired) electrons. The van der Waals surface area contributed by atoms with E-state index in [1.54, 1.807) is 16.1 Å². The minimum Gasteiger partial charge on any atom is -0.469 e. The molecule has 1 aromatic rings. The normalized spacial score (nSPS) is 24.4. The van der Waals surface area contributed by atoms with Crippen molar-refractivity contribution in [2.75, 3.05) is 39.3 Å². The number of nitrogens with zero attached hydrogens (tertiary/aromatic N) is 3. The van der Waals surface area contributed by atoms with E-state index in [2.05, 4.69) is 10.8 Å². The number of terminal acetylenes is 1. The van der Waals surface area contributed by atoms with E-state index in [4.69, 9.17) is 15.6 Å². The van der Waals surface area contributed by atoms with Crippen molar-refractivity contribution in [3.63, 3.8) is 0 Å². The summed E-state index contributed by atoms with van der Waals surface area (Å²) in [5.41, 5.74) is 1.29. The zero-order valence-corrected chi connectivity index (χ0v) is 17.1. The Morgan fingerprint density at radius 1 is 1.38 bits per heavy atom. The lowest BCUT2D eigenvalue weighted by Crippen LogP contribution is -2.63. The van der Waals surface area contributed by atoms with Gasteiger partial charge in [0.2, 0.25) is 11.8 Å². The summed E-state index contributed by atoms with van der Waals surface area (Å²) in [7, 11) is 0. The zero-order chi connectivity index (χ0) is 20.4. The number of ether oxygens (including phenoxy) is 1.